The van der Waals surface area contributed by atoms with Gasteiger partial charge in [0.2, 0.25) is 0 Å². The van der Waals surface area contributed by atoms with Crippen LogP contribution in [0.3, 0.4) is 0 Å². The number of rotatable bonds is 3. The van der Waals surface area contributed by atoms with Crippen molar-refractivity contribution in [3.05, 3.63) is 34.9 Å². The Labute approximate surface area is 105 Å². The van der Waals surface area contributed by atoms with E-state index in [1.54, 1.807) is 0 Å². The molecule has 0 saturated carbocycles. The van der Waals surface area contributed by atoms with Crippen LogP contribution in [-0.2, 0) is 0 Å². The summed E-state index contributed by atoms with van der Waals surface area (Å²) in [5.74, 6) is -1.96. The highest BCUT2D eigenvalue weighted by Gasteiger charge is 2.18. The van der Waals surface area contributed by atoms with E-state index in [1.807, 2.05) is 0 Å². The minimum absolute atomic E-state index is 0.105. The second-order valence-corrected chi connectivity index (χ2v) is 4.58. The van der Waals surface area contributed by atoms with Crippen LogP contribution in [0.1, 0.15) is 28.8 Å². The Bertz CT molecular complexity index is 457. The van der Waals surface area contributed by atoms with Crippen molar-refractivity contribution in [1.29, 1.82) is 0 Å². The van der Waals surface area contributed by atoms with Crippen LogP contribution in [0.25, 0.3) is 0 Å². The van der Waals surface area contributed by atoms with E-state index in [2.05, 4.69) is 10.6 Å². The van der Waals surface area contributed by atoms with Crippen LogP contribution in [-0.4, -0.2) is 25.0 Å². The zero-order chi connectivity index (χ0) is 13.1. The molecule has 1 aromatic rings. The summed E-state index contributed by atoms with van der Waals surface area (Å²) in [4.78, 5) is 11.8. The quantitative estimate of drug-likeness (QED) is 0.863. The number of hydrogen-bond acceptors (Lipinski definition) is 2. The van der Waals surface area contributed by atoms with E-state index in [0.717, 1.165) is 25.5 Å². The van der Waals surface area contributed by atoms with E-state index < -0.39 is 17.5 Å². The largest absolute Gasteiger partial charge is 0.350 e. The highest BCUT2D eigenvalue weighted by molar-refractivity contribution is 5.94. The van der Waals surface area contributed by atoms with Gasteiger partial charge in [-0.3, -0.25) is 4.79 Å². The Morgan fingerprint density at radius 2 is 2.22 bits per heavy atom. The van der Waals surface area contributed by atoms with Crippen molar-refractivity contribution >= 4 is 5.91 Å². The predicted octanol–water partition coefficient (Wildman–Crippen LogP) is 1.76. The van der Waals surface area contributed by atoms with E-state index in [9.17, 15) is 13.6 Å². The molecule has 1 unspecified atom stereocenters. The summed E-state index contributed by atoms with van der Waals surface area (Å²) >= 11 is 0. The first-order chi connectivity index (χ1) is 8.58. The topological polar surface area (TPSA) is 41.1 Å². The molecule has 5 heteroatoms. The monoisotopic (exact) mass is 254 g/mol. The minimum atomic E-state index is -0.824. The van der Waals surface area contributed by atoms with Gasteiger partial charge in [-0.25, -0.2) is 8.78 Å². The Morgan fingerprint density at radius 1 is 1.44 bits per heavy atom. The predicted molar refractivity (Wildman–Crippen MR) is 64.5 cm³/mol. The number of hydrogen-bond donors (Lipinski definition) is 2. The third-order valence-corrected chi connectivity index (χ3v) is 3.16. The Morgan fingerprint density at radius 3 is 2.89 bits per heavy atom. The average Bonchev–Trinajstić information content (AvgIpc) is 2.84. The summed E-state index contributed by atoms with van der Waals surface area (Å²) in [5, 5.41) is 5.89. The molecule has 1 saturated heterocycles. The maximum absolute atomic E-state index is 13.5. The molecular formula is C13H16F2N2O. The van der Waals surface area contributed by atoms with Crippen LogP contribution in [0, 0.1) is 18.6 Å². The van der Waals surface area contributed by atoms with E-state index in [1.165, 1.54) is 13.0 Å². The number of amides is 1. The molecule has 2 N–H and O–H groups in total. The lowest BCUT2D eigenvalue weighted by atomic mass is 10.1. The summed E-state index contributed by atoms with van der Waals surface area (Å²) in [7, 11) is 0. The fraction of sp³-hybridized carbons (Fsp3) is 0.462. The van der Waals surface area contributed by atoms with Crippen molar-refractivity contribution in [3.63, 3.8) is 0 Å². The molecule has 1 heterocycles. The summed E-state index contributed by atoms with van der Waals surface area (Å²) in [6.07, 6.45) is 2.09. The molecule has 3 nitrogen and oxygen atoms in total. The van der Waals surface area contributed by atoms with Gasteiger partial charge in [0.1, 0.15) is 11.6 Å². The minimum Gasteiger partial charge on any atom is -0.350 e. The van der Waals surface area contributed by atoms with Crippen LogP contribution in [0.15, 0.2) is 12.1 Å². The second kappa shape index (κ2) is 5.44. The molecule has 1 aromatic carbocycles. The van der Waals surface area contributed by atoms with Crippen LogP contribution in [0.4, 0.5) is 8.78 Å². The molecule has 1 fully saturated rings. The molecule has 0 bridgehead atoms. The number of benzene rings is 1. The lowest BCUT2D eigenvalue weighted by molar-refractivity contribution is 0.0946. The van der Waals surface area contributed by atoms with Crippen LogP contribution in [0.5, 0.6) is 0 Å². The standard InChI is InChI=1S/C13H16F2N2O/c1-8-5-10(12(15)6-11(8)14)13(18)17-7-9-3-2-4-16-9/h5-6,9,16H,2-4,7H2,1H3,(H,17,18). The lowest BCUT2D eigenvalue weighted by Gasteiger charge is -2.12. The SMILES string of the molecule is Cc1cc(C(=O)NCC2CCCN2)c(F)cc1F. The van der Waals surface area contributed by atoms with Gasteiger partial charge >= 0.3 is 0 Å². The van der Waals surface area contributed by atoms with Crippen LogP contribution in [0.2, 0.25) is 0 Å². The summed E-state index contributed by atoms with van der Waals surface area (Å²) in [6.45, 7) is 2.92. The molecule has 1 atom stereocenters. The zero-order valence-electron chi connectivity index (χ0n) is 10.2. The smallest absolute Gasteiger partial charge is 0.254 e. The van der Waals surface area contributed by atoms with Gasteiger partial charge in [0.05, 0.1) is 5.56 Å². The highest BCUT2D eigenvalue weighted by atomic mass is 19.1. The van der Waals surface area contributed by atoms with Crippen molar-refractivity contribution in [1.82, 2.24) is 10.6 Å². The molecular weight excluding hydrogens is 238 g/mol. The number of carbonyl (C=O) groups is 1. The third kappa shape index (κ3) is 2.85. The molecule has 98 valence electrons. The maximum atomic E-state index is 13.5. The highest BCUT2D eigenvalue weighted by Crippen LogP contribution is 2.14. The molecule has 0 spiro atoms. The number of halogens is 2. The molecule has 2 rings (SSSR count). The first-order valence-electron chi connectivity index (χ1n) is 6.05. The van der Waals surface area contributed by atoms with Gasteiger partial charge in [0.25, 0.3) is 5.91 Å². The molecule has 18 heavy (non-hydrogen) atoms. The fourth-order valence-corrected chi connectivity index (χ4v) is 2.07. The fourth-order valence-electron chi connectivity index (χ4n) is 2.07. The van der Waals surface area contributed by atoms with Crippen molar-refractivity contribution in [2.45, 2.75) is 25.8 Å². The number of aryl methyl sites for hydroxylation is 1. The Kier molecular flexibility index (Phi) is 3.91. The van der Waals surface area contributed by atoms with Crippen molar-refractivity contribution in [3.8, 4) is 0 Å². The lowest BCUT2D eigenvalue weighted by Crippen LogP contribution is -2.37. The van der Waals surface area contributed by atoms with Crippen LogP contribution < -0.4 is 10.6 Å². The van der Waals surface area contributed by atoms with Crippen molar-refractivity contribution in [2.24, 2.45) is 0 Å². The molecule has 0 aromatic heterocycles. The normalized spacial score (nSPS) is 18.9. The molecule has 0 aliphatic carbocycles. The number of nitrogens with one attached hydrogen (secondary N) is 2. The second-order valence-electron chi connectivity index (χ2n) is 4.58. The van der Waals surface area contributed by atoms with Gasteiger partial charge in [0, 0.05) is 18.7 Å². The molecule has 0 radical (unpaired) electrons. The average molecular weight is 254 g/mol. The van der Waals surface area contributed by atoms with Gasteiger partial charge in [-0.1, -0.05) is 0 Å². The third-order valence-electron chi connectivity index (χ3n) is 3.16. The Hall–Kier alpha value is -1.49. The van der Waals surface area contributed by atoms with Crippen LogP contribution >= 0.6 is 0 Å². The molecule has 1 aliphatic heterocycles. The molecule has 1 amide bonds. The van der Waals surface area contributed by atoms with E-state index in [4.69, 9.17) is 0 Å². The van der Waals surface area contributed by atoms with E-state index in [-0.39, 0.29) is 17.2 Å². The van der Waals surface area contributed by atoms with Crippen molar-refractivity contribution < 1.29 is 13.6 Å². The van der Waals surface area contributed by atoms with Gasteiger partial charge in [-0.2, -0.15) is 0 Å². The first kappa shape index (κ1) is 13.0. The molecule has 1 aliphatic rings. The van der Waals surface area contributed by atoms with Crippen molar-refractivity contribution in [2.75, 3.05) is 13.1 Å². The van der Waals surface area contributed by atoms with Gasteiger partial charge in [-0.15, -0.1) is 0 Å². The zero-order valence-corrected chi connectivity index (χ0v) is 10.2. The summed E-state index contributed by atoms with van der Waals surface area (Å²) in [6, 6.07) is 2.23. The first-order valence-corrected chi connectivity index (χ1v) is 6.05. The summed E-state index contributed by atoms with van der Waals surface area (Å²) in [5.41, 5.74) is 0.160. The van der Waals surface area contributed by atoms with E-state index >= 15 is 0 Å². The van der Waals surface area contributed by atoms with Gasteiger partial charge in [-0.05, 0) is 37.9 Å². The van der Waals surface area contributed by atoms with E-state index in [0.29, 0.717) is 6.54 Å². The van der Waals surface area contributed by atoms with Gasteiger partial charge in [0.15, 0.2) is 0 Å². The summed E-state index contributed by atoms with van der Waals surface area (Å²) < 4.78 is 26.5. The Balaban J connectivity index is 2.01. The maximum Gasteiger partial charge on any atom is 0.254 e. The van der Waals surface area contributed by atoms with Gasteiger partial charge < -0.3 is 10.6 Å². The number of carbonyl (C=O) groups excluding carboxylic acids is 1.